The van der Waals surface area contributed by atoms with Gasteiger partial charge in [-0.2, -0.15) is 0 Å². The largest absolute Gasteiger partial charge is 0.349 e. The standard InChI is InChI=1S/C11H19N3OS/c1-7(2)4-10(12)11(15)13-5-9-6-16-8(3)14-9/h6-7,10H,4-5,12H2,1-3H3,(H,13,15)/t10-/m0/s1. The molecule has 0 radical (unpaired) electrons. The maximum absolute atomic E-state index is 11.6. The van der Waals surface area contributed by atoms with Crippen LogP contribution in [0.5, 0.6) is 0 Å². The highest BCUT2D eigenvalue weighted by Crippen LogP contribution is 2.07. The topological polar surface area (TPSA) is 68.0 Å². The minimum atomic E-state index is -0.417. The van der Waals surface area contributed by atoms with Crippen LogP contribution in [-0.2, 0) is 11.3 Å². The Morgan fingerprint density at radius 2 is 2.31 bits per heavy atom. The minimum absolute atomic E-state index is 0.0978. The molecule has 0 aromatic carbocycles. The second kappa shape index (κ2) is 5.96. The van der Waals surface area contributed by atoms with Gasteiger partial charge in [0.15, 0.2) is 0 Å². The second-order valence-corrected chi connectivity index (χ2v) is 5.37. The summed E-state index contributed by atoms with van der Waals surface area (Å²) in [6.07, 6.45) is 0.710. The third-order valence-corrected chi connectivity index (χ3v) is 2.99. The highest BCUT2D eigenvalue weighted by atomic mass is 32.1. The van der Waals surface area contributed by atoms with E-state index in [1.165, 1.54) is 0 Å². The molecule has 0 aliphatic heterocycles. The van der Waals surface area contributed by atoms with Crippen molar-refractivity contribution in [3.05, 3.63) is 16.1 Å². The maximum atomic E-state index is 11.6. The lowest BCUT2D eigenvalue weighted by molar-refractivity contribution is -0.122. The molecule has 0 aliphatic carbocycles. The summed E-state index contributed by atoms with van der Waals surface area (Å²) < 4.78 is 0. The quantitative estimate of drug-likeness (QED) is 0.819. The van der Waals surface area contributed by atoms with Crippen molar-refractivity contribution < 1.29 is 4.79 Å². The molecule has 0 unspecified atom stereocenters. The van der Waals surface area contributed by atoms with Gasteiger partial charge in [-0.05, 0) is 19.3 Å². The van der Waals surface area contributed by atoms with Gasteiger partial charge in [0.1, 0.15) is 0 Å². The number of rotatable bonds is 5. The van der Waals surface area contributed by atoms with Gasteiger partial charge in [-0.1, -0.05) is 13.8 Å². The number of aryl methyl sites for hydroxylation is 1. The summed E-state index contributed by atoms with van der Waals surface area (Å²) in [6.45, 7) is 6.52. The first-order chi connectivity index (χ1) is 7.49. The van der Waals surface area contributed by atoms with Crippen LogP contribution in [0.2, 0.25) is 0 Å². The summed E-state index contributed by atoms with van der Waals surface area (Å²) in [4.78, 5) is 15.9. The lowest BCUT2D eigenvalue weighted by Crippen LogP contribution is -2.41. The molecule has 3 N–H and O–H groups in total. The molecule has 0 saturated heterocycles. The van der Waals surface area contributed by atoms with Gasteiger partial charge in [0.25, 0.3) is 0 Å². The van der Waals surface area contributed by atoms with Gasteiger partial charge in [-0.25, -0.2) is 4.98 Å². The summed E-state index contributed by atoms with van der Waals surface area (Å²) in [5.41, 5.74) is 6.65. The molecular weight excluding hydrogens is 222 g/mol. The molecule has 0 spiro atoms. The summed E-state index contributed by atoms with van der Waals surface area (Å²) in [7, 11) is 0. The van der Waals surface area contributed by atoms with Crippen molar-refractivity contribution in [2.24, 2.45) is 11.7 Å². The maximum Gasteiger partial charge on any atom is 0.237 e. The van der Waals surface area contributed by atoms with E-state index in [-0.39, 0.29) is 5.91 Å². The van der Waals surface area contributed by atoms with Crippen LogP contribution < -0.4 is 11.1 Å². The molecule has 16 heavy (non-hydrogen) atoms. The minimum Gasteiger partial charge on any atom is -0.349 e. The van der Waals surface area contributed by atoms with Crippen molar-refractivity contribution >= 4 is 17.2 Å². The molecule has 1 aromatic heterocycles. The molecule has 0 aliphatic rings. The highest BCUT2D eigenvalue weighted by Gasteiger charge is 2.14. The summed E-state index contributed by atoms with van der Waals surface area (Å²) >= 11 is 1.58. The lowest BCUT2D eigenvalue weighted by Gasteiger charge is -2.13. The Kier molecular flexibility index (Phi) is 4.89. The summed E-state index contributed by atoms with van der Waals surface area (Å²) in [5, 5.41) is 5.76. The molecule has 5 heteroatoms. The molecule has 1 heterocycles. The number of hydrogen-bond acceptors (Lipinski definition) is 4. The lowest BCUT2D eigenvalue weighted by atomic mass is 10.0. The Morgan fingerprint density at radius 3 is 2.81 bits per heavy atom. The van der Waals surface area contributed by atoms with Crippen LogP contribution in [0.15, 0.2) is 5.38 Å². The first-order valence-corrected chi connectivity index (χ1v) is 6.31. The fourth-order valence-electron chi connectivity index (χ4n) is 1.41. The zero-order chi connectivity index (χ0) is 12.1. The van der Waals surface area contributed by atoms with Gasteiger partial charge >= 0.3 is 0 Å². The summed E-state index contributed by atoms with van der Waals surface area (Å²) in [6, 6.07) is -0.417. The molecule has 1 aromatic rings. The van der Waals surface area contributed by atoms with E-state index >= 15 is 0 Å². The molecule has 0 bridgehead atoms. The van der Waals surface area contributed by atoms with Crippen molar-refractivity contribution in [3.63, 3.8) is 0 Å². The Hall–Kier alpha value is -0.940. The Labute approximate surface area is 100 Å². The fraction of sp³-hybridized carbons (Fsp3) is 0.636. The molecule has 1 atom stereocenters. The number of aromatic nitrogens is 1. The SMILES string of the molecule is Cc1nc(CNC(=O)[C@@H](N)CC(C)C)cs1. The summed E-state index contributed by atoms with van der Waals surface area (Å²) in [5.74, 6) is 0.335. The number of thiazole rings is 1. The average molecular weight is 241 g/mol. The number of amides is 1. The molecule has 0 saturated carbocycles. The van der Waals surface area contributed by atoms with Crippen LogP contribution >= 0.6 is 11.3 Å². The van der Waals surface area contributed by atoms with Crippen LogP contribution in [0.4, 0.5) is 0 Å². The molecular formula is C11H19N3OS. The van der Waals surface area contributed by atoms with Gasteiger partial charge in [0.2, 0.25) is 5.91 Å². The van der Waals surface area contributed by atoms with E-state index in [1.807, 2.05) is 12.3 Å². The van der Waals surface area contributed by atoms with Crippen LogP contribution in [0.1, 0.15) is 31.0 Å². The van der Waals surface area contributed by atoms with Gasteiger partial charge in [-0.15, -0.1) is 11.3 Å². The van der Waals surface area contributed by atoms with E-state index < -0.39 is 6.04 Å². The van der Waals surface area contributed by atoms with Gasteiger partial charge in [0.05, 0.1) is 23.3 Å². The number of nitrogens with zero attached hydrogens (tertiary/aromatic N) is 1. The predicted octanol–water partition coefficient (Wildman–Crippen LogP) is 1.44. The third kappa shape index (κ3) is 4.28. The Balaban J connectivity index is 2.35. The zero-order valence-corrected chi connectivity index (χ0v) is 10.8. The van der Waals surface area contributed by atoms with Crippen LogP contribution in [0.3, 0.4) is 0 Å². The third-order valence-electron chi connectivity index (χ3n) is 2.17. The fourth-order valence-corrected chi connectivity index (χ4v) is 2.03. The van der Waals surface area contributed by atoms with Crippen molar-refractivity contribution in [2.45, 2.75) is 39.8 Å². The Bertz CT molecular complexity index is 349. The predicted molar refractivity (Wildman–Crippen MR) is 66.1 cm³/mol. The highest BCUT2D eigenvalue weighted by molar-refractivity contribution is 7.09. The monoisotopic (exact) mass is 241 g/mol. The first kappa shape index (κ1) is 13.1. The second-order valence-electron chi connectivity index (χ2n) is 4.31. The van der Waals surface area contributed by atoms with E-state index in [9.17, 15) is 4.79 Å². The van der Waals surface area contributed by atoms with E-state index in [1.54, 1.807) is 11.3 Å². The van der Waals surface area contributed by atoms with Gasteiger partial charge in [-0.3, -0.25) is 4.79 Å². The molecule has 4 nitrogen and oxygen atoms in total. The van der Waals surface area contributed by atoms with Gasteiger partial charge in [0, 0.05) is 5.38 Å². The number of carbonyl (C=O) groups excluding carboxylic acids is 1. The number of nitrogens with two attached hydrogens (primary N) is 1. The average Bonchev–Trinajstić information content (AvgIpc) is 2.59. The normalized spacial score (nSPS) is 12.8. The molecule has 90 valence electrons. The molecule has 1 amide bonds. The van der Waals surface area contributed by atoms with Crippen molar-refractivity contribution in [3.8, 4) is 0 Å². The number of nitrogens with one attached hydrogen (secondary N) is 1. The van der Waals surface area contributed by atoms with E-state index in [4.69, 9.17) is 5.73 Å². The van der Waals surface area contributed by atoms with Gasteiger partial charge < -0.3 is 11.1 Å². The van der Waals surface area contributed by atoms with E-state index in [0.717, 1.165) is 10.7 Å². The zero-order valence-electron chi connectivity index (χ0n) is 9.99. The van der Waals surface area contributed by atoms with Crippen molar-refractivity contribution in [1.29, 1.82) is 0 Å². The molecule has 0 fully saturated rings. The van der Waals surface area contributed by atoms with E-state index in [2.05, 4.69) is 24.1 Å². The van der Waals surface area contributed by atoms with Crippen LogP contribution in [-0.4, -0.2) is 16.9 Å². The van der Waals surface area contributed by atoms with Crippen molar-refractivity contribution in [2.75, 3.05) is 0 Å². The van der Waals surface area contributed by atoms with Crippen LogP contribution in [0, 0.1) is 12.8 Å². The molecule has 1 rings (SSSR count). The Morgan fingerprint density at radius 1 is 1.62 bits per heavy atom. The van der Waals surface area contributed by atoms with Crippen molar-refractivity contribution in [1.82, 2.24) is 10.3 Å². The number of hydrogen-bond donors (Lipinski definition) is 2. The van der Waals surface area contributed by atoms with Crippen LogP contribution in [0.25, 0.3) is 0 Å². The van der Waals surface area contributed by atoms with E-state index in [0.29, 0.717) is 18.9 Å². The number of carbonyl (C=O) groups is 1. The smallest absolute Gasteiger partial charge is 0.237 e. The first-order valence-electron chi connectivity index (χ1n) is 5.43.